The maximum absolute atomic E-state index is 11.3. The van der Waals surface area contributed by atoms with Crippen molar-refractivity contribution in [2.45, 2.75) is 45.6 Å². The van der Waals surface area contributed by atoms with Crippen molar-refractivity contribution < 1.29 is 39.7 Å². The second kappa shape index (κ2) is 14.4. The van der Waals surface area contributed by atoms with Crippen LogP contribution in [0.15, 0.2) is 88.7 Å². The summed E-state index contributed by atoms with van der Waals surface area (Å²) in [6.45, 7) is 2.90. The average Bonchev–Trinajstić information content (AvgIpc) is 3.52. The molecular weight excluding hydrogens is 652 g/mol. The molecule has 1 aliphatic rings. The second-order valence-electron chi connectivity index (χ2n) is 11.0. The third-order valence-corrected chi connectivity index (χ3v) is 9.47. The van der Waals surface area contributed by atoms with Gasteiger partial charge in [-0.25, -0.2) is 0 Å². The van der Waals surface area contributed by atoms with E-state index in [9.17, 15) is 21.4 Å². The fraction of sp³-hybridized carbons (Fsp3) is 0.303. The smallest absolute Gasteiger partial charge is 0.374 e. The van der Waals surface area contributed by atoms with Crippen LogP contribution in [0.4, 0.5) is 5.69 Å². The van der Waals surface area contributed by atoms with Crippen LogP contribution in [0.1, 0.15) is 44.9 Å². The number of hydrogen-bond donors (Lipinski definition) is 2. The maximum Gasteiger partial charge on any atom is 0.374 e. The number of aromatic nitrogens is 1. The number of benzene rings is 3. The lowest BCUT2D eigenvalue weighted by Crippen LogP contribution is -2.35. The van der Waals surface area contributed by atoms with Gasteiger partial charge in [0, 0.05) is 30.1 Å². The van der Waals surface area contributed by atoms with Crippen LogP contribution in [0.25, 0.3) is 28.3 Å². The third-order valence-electron chi connectivity index (χ3n) is 7.62. The molecule has 244 valence electrons. The number of aryl methyl sites for hydroxylation is 1. The molecule has 1 aliphatic heterocycles. The summed E-state index contributed by atoms with van der Waals surface area (Å²) in [5.74, 6) is 1.13. The molecule has 13 heteroatoms. The lowest BCUT2D eigenvalue weighted by molar-refractivity contribution is -0.678. The first-order valence-electron chi connectivity index (χ1n) is 15.0. The van der Waals surface area contributed by atoms with Crippen LogP contribution < -0.4 is 14.2 Å². The Labute approximate surface area is 274 Å². The number of allylic oxidation sites excluding steroid dienone is 2. The Bertz CT molecular complexity index is 1990. The number of hydrogen-bond acceptors (Lipinski definition) is 7. The molecule has 0 spiro atoms. The van der Waals surface area contributed by atoms with Crippen molar-refractivity contribution in [3.8, 4) is 16.9 Å². The van der Waals surface area contributed by atoms with Crippen molar-refractivity contribution in [3.05, 3.63) is 95.2 Å². The molecule has 0 atom stereocenters. The number of rotatable bonds is 14. The molecule has 4 aromatic rings. The quantitative estimate of drug-likeness (QED) is 0.0823. The van der Waals surface area contributed by atoms with Crippen LogP contribution in [0.5, 0.6) is 5.75 Å². The van der Waals surface area contributed by atoms with Gasteiger partial charge >= 0.3 is 5.89 Å². The number of ether oxygens (including phenoxy) is 1. The average molecular weight is 688 g/mol. The van der Waals surface area contributed by atoms with E-state index in [1.54, 1.807) is 18.2 Å². The molecule has 0 aliphatic carbocycles. The maximum atomic E-state index is 11.3. The van der Waals surface area contributed by atoms with Gasteiger partial charge in [-0.1, -0.05) is 54.9 Å². The molecule has 2 heterocycles. The van der Waals surface area contributed by atoms with E-state index >= 15 is 0 Å². The van der Waals surface area contributed by atoms with E-state index in [0.29, 0.717) is 60.5 Å². The van der Waals surface area contributed by atoms with Gasteiger partial charge in [0.1, 0.15) is 0 Å². The highest BCUT2D eigenvalue weighted by molar-refractivity contribution is 7.86. The summed E-state index contributed by atoms with van der Waals surface area (Å²) in [6, 6.07) is 21.2. The molecule has 0 saturated carbocycles. The van der Waals surface area contributed by atoms with E-state index in [1.165, 1.54) is 0 Å². The predicted octanol–water partition coefficient (Wildman–Crippen LogP) is 6.91. The Balaban J connectivity index is 1.48. The Kier molecular flexibility index (Phi) is 10.5. The minimum absolute atomic E-state index is 0.274. The largest absolute Gasteiger partial charge is 0.439 e. The highest BCUT2D eigenvalue weighted by Crippen LogP contribution is 2.42. The van der Waals surface area contributed by atoms with E-state index in [-0.39, 0.29) is 24.3 Å². The SMILES string of the molecule is CCC(/C=C1\Oc2ccc(-c3ccccc3)cc2N1CCCCS(=O)(=O)O)=C\c1oc2ccc(Cl)cc2[n+]1CCCCS(=O)(=O)O. The highest BCUT2D eigenvalue weighted by atomic mass is 35.5. The van der Waals surface area contributed by atoms with Crippen LogP contribution >= 0.6 is 11.6 Å². The molecule has 0 saturated heterocycles. The molecule has 0 unspecified atom stereocenters. The van der Waals surface area contributed by atoms with Crippen molar-refractivity contribution in [3.63, 3.8) is 0 Å². The molecule has 46 heavy (non-hydrogen) atoms. The number of oxazole rings is 1. The van der Waals surface area contributed by atoms with Gasteiger partial charge in [-0.3, -0.25) is 9.11 Å². The van der Waals surface area contributed by atoms with Crippen molar-refractivity contribution in [2.75, 3.05) is 23.0 Å². The van der Waals surface area contributed by atoms with Crippen molar-refractivity contribution in [2.24, 2.45) is 0 Å². The van der Waals surface area contributed by atoms with E-state index in [4.69, 9.17) is 25.3 Å². The number of nitrogens with zero attached hydrogens (tertiary/aromatic N) is 2. The predicted molar refractivity (Wildman–Crippen MR) is 179 cm³/mol. The van der Waals surface area contributed by atoms with Crippen LogP contribution in [0.2, 0.25) is 5.02 Å². The van der Waals surface area contributed by atoms with Gasteiger partial charge in [0.25, 0.3) is 25.8 Å². The molecule has 10 nitrogen and oxygen atoms in total. The number of halogens is 1. The summed E-state index contributed by atoms with van der Waals surface area (Å²) in [4.78, 5) is 2.01. The van der Waals surface area contributed by atoms with Crippen molar-refractivity contribution in [1.82, 2.24) is 0 Å². The summed E-state index contributed by atoms with van der Waals surface area (Å²) in [6.07, 6.45) is 5.98. The first-order chi connectivity index (χ1) is 21.9. The molecule has 0 bridgehead atoms. The van der Waals surface area contributed by atoms with Crippen LogP contribution in [0, 0.1) is 0 Å². The normalized spacial score (nSPS) is 14.7. The van der Waals surface area contributed by atoms with Crippen LogP contribution in [-0.4, -0.2) is 44.0 Å². The molecule has 5 rings (SSSR count). The molecule has 1 aromatic heterocycles. The molecule has 0 radical (unpaired) electrons. The summed E-state index contributed by atoms with van der Waals surface area (Å²) < 4.78 is 78.0. The van der Waals surface area contributed by atoms with Crippen LogP contribution in [-0.2, 0) is 26.8 Å². The van der Waals surface area contributed by atoms with Crippen LogP contribution in [0.3, 0.4) is 0 Å². The van der Waals surface area contributed by atoms with E-state index in [0.717, 1.165) is 27.9 Å². The van der Waals surface area contributed by atoms with Gasteiger partial charge in [0.2, 0.25) is 11.5 Å². The number of anilines is 1. The summed E-state index contributed by atoms with van der Waals surface area (Å²) in [5.41, 5.74) is 5.16. The van der Waals surface area contributed by atoms with Gasteiger partial charge < -0.3 is 14.1 Å². The monoisotopic (exact) mass is 687 g/mol. The fourth-order valence-electron chi connectivity index (χ4n) is 5.33. The zero-order valence-electron chi connectivity index (χ0n) is 25.3. The summed E-state index contributed by atoms with van der Waals surface area (Å²) >= 11 is 6.29. The van der Waals surface area contributed by atoms with Gasteiger partial charge in [0.05, 0.1) is 23.3 Å². The lowest BCUT2D eigenvalue weighted by atomic mass is 10.0. The molecule has 2 N–H and O–H groups in total. The molecule has 0 amide bonds. The molecular formula is C33H36ClN2O8S2+. The number of fused-ring (bicyclic) bond motifs is 2. The fourth-order valence-corrected chi connectivity index (χ4v) is 6.64. The number of unbranched alkanes of at least 4 members (excludes halogenated alkanes) is 2. The first kappa shape index (κ1) is 33.7. The molecule has 3 aromatic carbocycles. The third kappa shape index (κ3) is 8.77. The topological polar surface area (TPSA) is 138 Å². The summed E-state index contributed by atoms with van der Waals surface area (Å²) in [7, 11) is -8.12. The Morgan fingerprint density at radius 1 is 0.891 bits per heavy atom. The van der Waals surface area contributed by atoms with E-state index in [2.05, 4.69) is 0 Å². The van der Waals surface area contributed by atoms with Crippen molar-refractivity contribution >= 4 is 54.7 Å². The van der Waals surface area contributed by atoms with Gasteiger partial charge in [-0.2, -0.15) is 21.4 Å². The van der Waals surface area contributed by atoms with Crippen molar-refractivity contribution in [1.29, 1.82) is 0 Å². The standard InChI is InChI=1S/C33H35ClN2O8S2/c1-2-24(21-33-36(17-7-9-19-46(40,41)42)29-23-27(34)13-15-31(29)44-33)20-32-35(16-6-8-18-45(37,38)39)28-22-26(12-14-30(28)43-32)25-10-4-3-5-11-25/h3-5,10-15,20-23H,2,6-9,16-19H2,1H3,(H-,37,38,39,40,41,42)/p+1. The highest BCUT2D eigenvalue weighted by Gasteiger charge is 2.28. The lowest BCUT2D eigenvalue weighted by Gasteiger charge is -2.19. The Hall–Kier alpha value is -3.68. The minimum Gasteiger partial charge on any atom is -0.439 e. The molecule has 0 fully saturated rings. The second-order valence-corrected chi connectivity index (χ2v) is 14.6. The minimum atomic E-state index is -4.06. The zero-order chi connectivity index (χ0) is 32.9. The van der Waals surface area contributed by atoms with Gasteiger partial charge in [-0.15, -0.1) is 0 Å². The van der Waals surface area contributed by atoms with Gasteiger partial charge in [0.15, 0.2) is 12.3 Å². The van der Waals surface area contributed by atoms with E-state index < -0.39 is 20.2 Å². The van der Waals surface area contributed by atoms with E-state index in [1.807, 2.05) is 77.1 Å². The zero-order valence-corrected chi connectivity index (χ0v) is 27.7. The Morgan fingerprint density at radius 3 is 2.30 bits per heavy atom. The Morgan fingerprint density at radius 2 is 1.61 bits per heavy atom. The first-order valence-corrected chi connectivity index (χ1v) is 18.6. The summed E-state index contributed by atoms with van der Waals surface area (Å²) in [5, 5.41) is 0.532. The van der Waals surface area contributed by atoms with Gasteiger partial charge in [-0.05, 0) is 66.6 Å².